The van der Waals surface area contributed by atoms with Crippen LogP contribution in [-0.4, -0.2) is 36.7 Å². The first-order chi connectivity index (χ1) is 11.2. The number of rotatable bonds is 5. The van der Waals surface area contributed by atoms with E-state index in [1.54, 1.807) is 12.1 Å². The summed E-state index contributed by atoms with van der Waals surface area (Å²) in [4.78, 5) is 13.9. The molecule has 23 heavy (non-hydrogen) atoms. The van der Waals surface area contributed by atoms with Gasteiger partial charge in [0.05, 0.1) is 17.8 Å². The van der Waals surface area contributed by atoms with E-state index in [1.165, 1.54) is 11.0 Å². The Kier molecular flexibility index (Phi) is 4.25. The fourth-order valence-electron chi connectivity index (χ4n) is 2.93. The van der Waals surface area contributed by atoms with Crippen LogP contribution in [0.5, 0.6) is 11.5 Å². The minimum Gasteiger partial charge on any atom is -0.454 e. The van der Waals surface area contributed by atoms with Crippen molar-refractivity contribution in [3.8, 4) is 11.5 Å². The summed E-state index contributed by atoms with van der Waals surface area (Å²) in [6.45, 7) is 7.46. The standard InChI is InChI=1S/C17H19NO5/c1-3-5-14(19)13-7-11-8-15-16(23-10-22-15)9-12(11)18(13)17(20)21-6-4-2/h3-4,8-9,13-14,19H,1-2,5-7,10H2/t13-,14-/m0/s1. The van der Waals surface area contributed by atoms with E-state index >= 15 is 0 Å². The van der Waals surface area contributed by atoms with Gasteiger partial charge < -0.3 is 19.3 Å². The highest BCUT2D eigenvalue weighted by Gasteiger charge is 2.40. The number of hydrogen-bond acceptors (Lipinski definition) is 5. The highest BCUT2D eigenvalue weighted by atomic mass is 16.7. The van der Waals surface area contributed by atoms with Crippen molar-refractivity contribution in [1.82, 2.24) is 0 Å². The lowest BCUT2D eigenvalue weighted by Gasteiger charge is -2.28. The lowest BCUT2D eigenvalue weighted by Crippen LogP contribution is -2.45. The average Bonchev–Trinajstić information content (AvgIpc) is 3.13. The molecule has 122 valence electrons. The van der Waals surface area contributed by atoms with Crippen LogP contribution in [0, 0.1) is 0 Å². The first kappa shape index (κ1) is 15.4. The fourth-order valence-corrected chi connectivity index (χ4v) is 2.93. The molecule has 0 radical (unpaired) electrons. The van der Waals surface area contributed by atoms with Gasteiger partial charge in [0.25, 0.3) is 0 Å². The van der Waals surface area contributed by atoms with Gasteiger partial charge in [-0.05, 0) is 24.5 Å². The van der Waals surface area contributed by atoms with Crippen molar-refractivity contribution in [3.63, 3.8) is 0 Å². The molecule has 0 fully saturated rings. The van der Waals surface area contributed by atoms with Gasteiger partial charge in [-0.1, -0.05) is 18.7 Å². The molecule has 0 bridgehead atoms. The van der Waals surface area contributed by atoms with Crippen molar-refractivity contribution >= 4 is 11.8 Å². The van der Waals surface area contributed by atoms with E-state index in [9.17, 15) is 9.90 Å². The van der Waals surface area contributed by atoms with Crippen molar-refractivity contribution < 1.29 is 24.1 Å². The Morgan fingerprint density at radius 2 is 2.13 bits per heavy atom. The number of aliphatic hydroxyl groups is 1. The number of fused-ring (bicyclic) bond motifs is 2. The summed E-state index contributed by atoms with van der Waals surface area (Å²) in [6, 6.07) is 3.20. The topological polar surface area (TPSA) is 68.2 Å². The molecule has 6 nitrogen and oxygen atoms in total. The van der Waals surface area contributed by atoms with Crippen LogP contribution in [0.3, 0.4) is 0 Å². The highest BCUT2D eigenvalue weighted by Crippen LogP contribution is 2.43. The third kappa shape index (κ3) is 2.77. The molecule has 1 aromatic rings. The van der Waals surface area contributed by atoms with Gasteiger partial charge in [0.15, 0.2) is 11.5 Å². The molecule has 2 aliphatic heterocycles. The maximum absolute atomic E-state index is 12.4. The van der Waals surface area contributed by atoms with Gasteiger partial charge in [-0.15, -0.1) is 6.58 Å². The van der Waals surface area contributed by atoms with Crippen LogP contribution in [-0.2, 0) is 11.2 Å². The Labute approximate surface area is 134 Å². The molecule has 1 aromatic carbocycles. The van der Waals surface area contributed by atoms with Gasteiger partial charge in [-0.2, -0.15) is 0 Å². The molecule has 2 heterocycles. The van der Waals surface area contributed by atoms with E-state index in [-0.39, 0.29) is 13.4 Å². The lowest BCUT2D eigenvalue weighted by atomic mass is 10.0. The Bertz CT molecular complexity index is 642. The summed E-state index contributed by atoms with van der Waals surface area (Å²) in [5.41, 5.74) is 1.59. The Balaban J connectivity index is 1.95. The first-order valence-electron chi connectivity index (χ1n) is 7.44. The SMILES string of the molecule is C=CCOC(=O)N1c2cc3c(cc2C[C@H]1[C@@H](O)CC=C)OCO3. The van der Waals surface area contributed by atoms with E-state index < -0.39 is 18.2 Å². The van der Waals surface area contributed by atoms with Crippen LogP contribution in [0.15, 0.2) is 37.4 Å². The number of aliphatic hydroxyl groups excluding tert-OH is 1. The van der Waals surface area contributed by atoms with Gasteiger partial charge in [0.2, 0.25) is 6.79 Å². The molecule has 0 saturated heterocycles. The quantitative estimate of drug-likeness (QED) is 0.845. The normalized spacial score (nSPS) is 19.2. The van der Waals surface area contributed by atoms with Gasteiger partial charge in [0, 0.05) is 6.07 Å². The minimum atomic E-state index is -0.729. The smallest absolute Gasteiger partial charge is 0.414 e. The predicted octanol–water partition coefficient (Wildman–Crippen LogP) is 2.41. The molecule has 0 aliphatic carbocycles. The zero-order valence-corrected chi connectivity index (χ0v) is 12.7. The first-order valence-corrected chi connectivity index (χ1v) is 7.44. The van der Waals surface area contributed by atoms with Crippen LogP contribution in [0.2, 0.25) is 0 Å². The van der Waals surface area contributed by atoms with Crippen LogP contribution in [0.4, 0.5) is 10.5 Å². The third-order valence-corrected chi connectivity index (χ3v) is 3.97. The second kappa shape index (κ2) is 6.34. The number of benzene rings is 1. The van der Waals surface area contributed by atoms with Crippen LogP contribution in [0.1, 0.15) is 12.0 Å². The number of anilines is 1. The summed E-state index contributed by atoms with van der Waals surface area (Å²) in [5, 5.41) is 10.4. The molecule has 1 N–H and O–H groups in total. The van der Waals surface area contributed by atoms with Crippen LogP contribution in [0.25, 0.3) is 0 Å². The second-order valence-electron chi connectivity index (χ2n) is 5.43. The summed E-state index contributed by atoms with van der Waals surface area (Å²) >= 11 is 0. The maximum Gasteiger partial charge on any atom is 0.414 e. The summed E-state index contributed by atoms with van der Waals surface area (Å²) in [6.07, 6.45) is 2.79. The van der Waals surface area contributed by atoms with Crippen molar-refractivity contribution in [3.05, 3.63) is 43.0 Å². The molecule has 2 atom stereocenters. The van der Waals surface area contributed by atoms with Crippen molar-refractivity contribution in [1.29, 1.82) is 0 Å². The van der Waals surface area contributed by atoms with Crippen molar-refractivity contribution in [2.45, 2.75) is 25.0 Å². The molecule has 3 rings (SSSR count). The number of amides is 1. The molecule has 2 aliphatic rings. The molecule has 0 saturated carbocycles. The third-order valence-electron chi connectivity index (χ3n) is 3.97. The fraction of sp³-hybridized carbons (Fsp3) is 0.353. The molecular weight excluding hydrogens is 298 g/mol. The molecule has 0 unspecified atom stereocenters. The molecule has 0 aromatic heterocycles. The Morgan fingerprint density at radius 3 is 2.83 bits per heavy atom. The number of carbonyl (C=O) groups excluding carboxylic acids is 1. The van der Waals surface area contributed by atoms with Gasteiger partial charge >= 0.3 is 6.09 Å². The molecule has 1 amide bonds. The van der Waals surface area contributed by atoms with Gasteiger partial charge in [-0.3, -0.25) is 4.90 Å². The summed E-state index contributed by atoms with van der Waals surface area (Å²) in [5.74, 6) is 1.24. The largest absolute Gasteiger partial charge is 0.454 e. The van der Waals surface area contributed by atoms with Crippen molar-refractivity contribution in [2.75, 3.05) is 18.3 Å². The Hall–Kier alpha value is -2.47. The maximum atomic E-state index is 12.4. The second-order valence-corrected chi connectivity index (χ2v) is 5.43. The zero-order valence-electron chi connectivity index (χ0n) is 12.7. The van der Waals surface area contributed by atoms with Crippen LogP contribution >= 0.6 is 0 Å². The van der Waals surface area contributed by atoms with Crippen LogP contribution < -0.4 is 14.4 Å². The number of nitrogens with zero attached hydrogens (tertiary/aromatic N) is 1. The van der Waals surface area contributed by atoms with E-state index in [4.69, 9.17) is 14.2 Å². The Morgan fingerprint density at radius 1 is 1.39 bits per heavy atom. The molecular formula is C17H19NO5. The number of carbonyl (C=O) groups is 1. The van der Waals surface area contributed by atoms with Crippen molar-refractivity contribution in [2.24, 2.45) is 0 Å². The average molecular weight is 317 g/mol. The molecule has 0 spiro atoms. The van der Waals surface area contributed by atoms with E-state index in [0.29, 0.717) is 30.0 Å². The summed E-state index contributed by atoms with van der Waals surface area (Å²) in [7, 11) is 0. The lowest BCUT2D eigenvalue weighted by molar-refractivity contribution is 0.129. The number of ether oxygens (including phenoxy) is 3. The van der Waals surface area contributed by atoms with E-state index in [0.717, 1.165) is 5.56 Å². The molecule has 6 heteroatoms. The van der Waals surface area contributed by atoms with E-state index in [1.807, 2.05) is 6.07 Å². The predicted molar refractivity (Wildman–Crippen MR) is 84.9 cm³/mol. The minimum absolute atomic E-state index is 0.111. The monoisotopic (exact) mass is 317 g/mol. The van der Waals surface area contributed by atoms with Gasteiger partial charge in [-0.25, -0.2) is 4.79 Å². The van der Waals surface area contributed by atoms with E-state index in [2.05, 4.69) is 13.2 Å². The zero-order chi connectivity index (χ0) is 16.4. The van der Waals surface area contributed by atoms with Gasteiger partial charge in [0.1, 0.15) is 6.61 Å². The number of hydrogen-bond donors (Lipinski definition) is 1. The summed E-state index contributed by atoms with van der Waals surface area (Å²) < 4.78 is 15.9. The highest BCUT2D eigenvalue weighted by molar-refractivity contribution is 5.92.